The van der Waals surface area contributed by atoms with Gasteiger partial charge in [0.1, 0.15) is 11.5 Å². The lowest BCUT2D eigenvalue weighted by atomic mass is 10.0. The van der Waals surface area contributed by atoms with E-state index in [4.69, 9.17) is 14.0 Å². The molecule has 5 aromatic rings. The standard InChI is InChI=1S/C24H23F3N6O3/c1-2-5-16-20(9-8-17-22(16)36-30-23(17)24(25,26)27)35-13-4-12-34-19-7-3-6-18-15(19)10-11-33(18)14-21-28-31-32-29-21/h3,6-11H,2,4-5,12-14H2,1H3,(H,28,29,31,32). The summed E-state index contributed by atoms with van der Waals surface area (Å²) in [7, 11) is 0. The average molecular weight is 500 g/mol. The number of hydrogen-bond acceptors (Lipinski definition) is 7. The Balaban J connectivity index is 1.22. The summed E-state index contributed by atoms with van der Waals surface area (Å²) >= 11 is 0. The van der Waals surface area contributed by atoms with Gasteiger partial charge < -0.3 is 18.6 Å². The van der Waals surface area contributed by atoms with E-state index in [2.05, 4.69) is 25.8 Å². The van der Waals surface area contributed by atoms with E-state index in [0.29, 0.717) is 49.7 Å². The predicted molar refractivity (Wildman–Crippen MR) is 124 cm³/mol. The Labute approximate surface area is 203 Å². The number of aromatic nitrogens is 6. The van der Waals surface area contributed by atoms with Crippen molar-refractivity contribution in [3.63, 3.8) is 0 Å². The molecule has 12 heteroatoms. The van der Waals surface area contributed by atoms with Crippen molar-refractivity contribution >= 4 is 21.9 Å². The van der Waals surface area contributed by atoms with Crippen molar-refractivity contribution in [3.05, 3.63) is 59.7 Å². The van der Waals surface area contributed by atoms with Gasteiger partial charge in [-0.05, 0) is 36.8 Å². The maximum absolute atomic E-state index is 13.2. The summed E-state index contributed by atoms with van der Waals surface area (Å²) < 4.78 is 58.6. The van der Waals surface area contributed by atoms with Crippen LogP contribution in [0.1, 0.15) is 36.8 Å². The molecule has 0 aliphatic rings. The Morgan fingerprint density at radius 1 is 1.03 bits per heavy atom. The van der Waals surface area contributed by atoms with E-state index in [0.717, 1.165) is 23.1 Å². The first-order valence-electron chi connectivity index (χ1n) is 11.5. The SMILES string of the molecule is CCCc1c(OCCCOc2cccc3c2ccn3Cc2nn[nH]n2)ccc2c(C(F)(F)F)noc12. The molecular weight excluding hydrogens is 477 g/mol. The smallest absolute Gasteiger partial charge is 0.437 e. The Bertz CT molecular complexity index is 1460. The van der Waals surface area contributed by atoms with Crippen molar-refractivity contribution < 1.29 is 27.2 Å². The van der Waals surface area contributed by atoms with E-state index in [1.54, 1.807) is 6.07 Å². The van der Waals surface area contributed by atoms with Gasteiger partial charge in [0, 0.05) is 23.6 Å². The summed E-state index contributed by atoms with van der Waals surface area (Å²) in [6.07, 6.45) is -0.829. The topological polar surface area (TPSA) is 104 Å². The zero-order chi connectivity index (χ0) is 25.1. The lowest BCUT2D eigenvalue weighted by molar-refractivity contribution is -0.141. The number of hydrogen-bond donors (Lipinski definition) is 1. The van der Waals surface area contributed by atoms with Gasteiger partial charge in [0.25, 0.3) is 0 Å². The largest absolute Gasteiger partial charge is 0.493 e. The molecule has 0 bridgehead atoms. The lowest BCUT2D eigenvalue weighted by Gasteiger charge is -2.12. The second-order valence-corrected chi connectivity index (χ2v) is 8.21. The van der Waals surface area contributed by atoms with Crippen molar-refractivity contribution in [2.24, 2.45) is 0 Å². The van der Waals surface area contributed by atoms with Crippen molar-refractivity contribution in [3.8, 4) is 11.5 Å². The molecule has 3 heterocycles. The number of H-pyrrole nitrogens is 1. The molecule has 2 aromatic carbocycles. The van der Waals surface area contributed by atoms with Gasteiger partial charge in [-0.1, -0.05) is 29.8 Å². The summed E-state index contributed by atoms with van der Waals surface area (Å²) in [6.45, 7) is 3.16. The maximum atomic E-state index is 13.2. The van der Waals surface area contributed by atoms with Gasteiger partial charge in [-0.2, -0.15) is 18.4 Å². The zero-order valence-corrected chi connectivity index (χ0v) is 19.4. The number of nitrogens with one attached hydrogen (secondary N) is 1. The fourth-order valence-electron chi connectivity index (χ4n) is 4.15. The summed E-state index contributed by atoms with van der Waals surface area (Å²) in [5, 5.41) is 18.2. The van der Waals surface area contributed by atoms with Crippen LogP contribution in [0.2, 0.25) is 0 Å². The molecule has 0 saturated carbocycles. The molecule has 0 amide bonds. The van der Waals surface area contributed by atoms with E-state index < -0.39 is 11.9 Å². The molecule has 0 atom stereocenters. The van der Waals surface area contributed by atoms with Crippen LogP contribution < -0.4 is 9.47 Å². The van der Waals surface area contributed by atoms with Gasteiger partial charge in [-0.15, -0.1) is 10.2 Å². The molecule has 0 aliphatic heterocycles. The number of rotatable bonds is 10. The zero-order valence-electron chi connectivity index (χ0n) is 19.4. The molecule has 3 aromatic heterocycles. The van der Waals surface area contributed by atoms with Crippen LogP contribution in [-0.2, 0) is 19.1 Å². The molecule has 0 fully saturated rings. The number of alkyl halides is 3. The number of aromatic amines is 1. The molecule has 36 heavy (non-hydrogen) atoms. The molecular formula is C24H23F3N6O3. The first-order valence-corrected chi connectivity index (χ1v) is 11.5. The highest BCUT2D eigenvalue weighted by molar-refractivity contribution is 5.86. The van der Waals surface area contributed by atoms with Gasteiger partial charge in [-0.3, -0.25) is 0 Å². The second-order valence-electron chi connectivity index (χ2n) is 8.21. The van der Waals surface area contributed by atoms with Gasteiger partial charge >= 0.3 is 6.18 Å². The quantitative estimate of drug-likeness (QED) is 0.264. The first kappa shape index (κ1) is 23.6. The third-order valence-electron chi connectivity index (χ3n) is 5.75. The van der Waals surface area contributed by atoms with Crippen LogP contribution in [0, 0.1) is 0 Å². The highest BCUT2D eigenvalue weighted by Crippen LogP contribution is 2.38. The van der Waals surface area contributed by atoms with Crippen molar-refractivity contribution in [1.82, 2.24) is 30.3 Å². The van der Waals surface area contributed by atoms with Crippen molar-refractivity contribution in [2.75, 3.05) is 13.2 Å². The summed E-state index contributed by atoms with van der Waals surface area (Å²) in [5.74, 6) is 1.82. The third-order valence-corrected chi connectivity index (χ3v) is 5.75. The summed E-state index contributed by atoms with van der Waals surface area (Å²) in [5.41, 5.74) is 0.674. The van der Waals surface area contributed by atoms with Gasteiger partial charge in [0.2, 0.25) is 0 Å². The van der Waals surface area contributed by atoms with E-state index in [9.17, 15) is 13.2 Å². The third kappa shape index (κ3) is 4.70. The molecule has 9 nitrogen and oxygen atoms in total. The van der Waals surface area contributed by atoms with Gasteiger partial charge in [0.15, 0.2) is 17.1 Å². The van der Waals surface area contributed by atoms with Crippen LogP contribution >= 0.6 is 0 Å². The minimum atomic E-state index is -4.58. The van der Waals surface area contributed by atoms with Gasteiger partial charge in [-0.25, -0.2) is 0 Å². The normalized spacial score (nSPS) is 12.0. The fraction of sp³-hybridized carbons (Fsp3) is 0.333. The van der Waals surface area contributed by atoms with Gasteiger partial charge in [0.05, 0.1) is 30.7 Å². The Morgan fingerprint density at radius 2 is 1.86 bits per heavy atom. The number of fused-ring (bicyclic) bond motifs is 2. The number of aryl methyl sites for hydroxylation is 1. The van der Waals surface area contributed by atoms with Crippen LogP contribution in [0.5, 0.6) is 11.5 Å². The second kappa shape index (κ2) is 9.88. The summed E-state index contributed by atoms with van der Waals surface area (Å²) in [6, 6.07) is 10.7. The number of ether oxygens (including phenoxy) is 2. The molecule has 0 aliphatic carbocycles. The van der Waals surface area contributed by atoms with E-state index in [1.165, 1.54) is 6.07 Å². The minimum absolute atomic E-state index is 0.0546. The number of nitrogens with zero attached hydrogens (tertiary/aromatic N) is 5. The minimum Gasteiger partial charge on any atom is -0.493 e. The molecule has 0 saturated heterocycles. The van der Waals surface area contributed by atoms with Crippen LogP contribution in [0.3, 0.4) is 0 Å². The summed E-state index contributed by atoms with van der Waals surface area (Å²) in [4.78, 5) is 0. The number of halogens is 3. The predicted octanol–water partition coefficient (Wildman–Crippen LogP) is 5.16. The van der Waals surface area contributed by atoms with Crippen molar-refractivity contribution in [2.45, 2.75) is 38.9 Å². The number of benzene rings is 2. The first-order chi connectivity index (χ1) is 17.5. The fourth-order valence-corrected chi connectivity index (χ4v) is 4.15. The number of tetrazole rings is 1. The highest BCUT2D eigenvalue weighted by atomic mass is 19.4. The Hall–Kier alpha value is -4.09. The monoisotopic (exact) mass is 500 g/mol. The average Bonchev–Trinajstić information content (AvgIpc) is 3.60. The van der Waals surface area contributed by atoms with Crippen LogP contribution in [-0.4, -0.2) is 43.6 Å². The Kier molecular flexibility index (Phi) is 6.49. The van der Waals surface area contributed by atoms with E-state index >= 15 is 0 Å². The molecule has 0 spiro atoms. The maximum Gasteiger partial charge on any atom is 0.437 e. The van der Waals surface area contributed by atoms with Crippen molar-refractivity contribution in [1.29, 1.82) is 0 Å². The van der Waals surface area contributed by atoms with E-state index in [-0.39, 0.29) is 11.0 Å². The Morgan fingerprint density at radius 3 is 2.61 bits per heavy atom. The van der Waals surface area contributed by atoms with Crippen LogP contribution in [0.25, 0.3) is 21.9 Å². The molecule has 0 radical (unpaired) electrons. The van der Waals surface area contributed by atoms with Crippen LogP contribution in [0.4, 0.5) is 13.2 Å². The molecule has 1 N–H and O–H groups in total. The molecule has 0 unspecified atom stereocenters. The van der Waals surface area contributed by atoms with E-state index in [1.807, 2.05) is 42.0 Å². The highest BCUT2D eigenvalue weighted by Gasteiger charge is 2.37. The lowest BCUT2D eigenvalue weighted by Crippen LogP contribution is -2.07. The molecule has 188 valence electrons. The van der Waals surface area contributed by atoms with Crippen LogP contribution in [0.15, 0.2) is 47.1 Å². The molecule has 5 rings (SSSR count).